The highest BCUT2D eigenvalue weighted by molar-refractivity contribution is 9.10. The maximum atomic E-state index is 6.19. The molecule has 3 aromatic heterocycles. The van der Waals surface area contributed by atoms with Gasteiger partial charge in [0.1, 0.15) is 11.4 Å². The summed E-state index contributed by atoms with van der Waals surface area (Å²) < 4.78 is 7.13. The van der Waals surface area contributed by atoms with E-state index in [1.54, 1.807) is 29.9 Å². The van der Waals surface area contributed by atoms with Gasteiger partial charge in [-0.05, 0) is 43.0 Å². The van der Waals surface area contributed by atoms with E-state index in [-0.39, 0.29) is 0 Å². The van der Waals surface area contributed by atoms with Crippen LogP contribution in [0.25, 0.3) is 33.3 Å². The van der Waals surface area contributed by atoms with Crippen LogP contribution in [-0.2, 0) is 0 Å². The van der Waals surface area contributed by atoms with E-state index < -0.39 is 0 Å². The molecule has 1 fully saturated rings. The van der Waals surface area contributed by atoms with Crippen molar-refractivity contribution < 1.29 is 4.74 Å². The summed E-state index contributed by atoms with van der Waals surface area (Å²) in [6.07, 6.45) is 15.7. The molecule has 0 radical (unpaired) electrons. The molecule has 4 aromatic rings. The normalized spacial score (nSPS) is 14.0. The zero-order valence-corrected chi connectivity index (χ0v) is 23.4. The van der Waals surface area contributed by atoms with Crippen LogP contribution in [0.4, 0.5) is 5.13 Å². The summed E-state index contributed by atoms with van der Waals surface area (Å²) in [5.74, 6) is 2.16. The van der Waals surface area contributed by atoms with Gasteiger partial charge in [-0.3, -0.25) is 4.98 Å². The molecule has 0 unspecified atom stereocenters. The average Bonchev–Trinajstić information content (AvgIpc) is 3.43. The molecule has 0 saturated heterocycles. The molecule has 3 heterocycles. The van der Waals surface area contributed by atoms with Gasteiger partial charge in [-0.2, -0.15) is 0 Å². The van der Waals surface area contributed by atoms with E-state index in [2.05, 4.69) is 49.2 Å². The van der Waals surface area contributed by atoms with Gasteiger partial charge in [-0.25, -0.2) is 19.9 Å². The number of hydrogen-bond donors (Lipinski definition) is 1. The van der Waals surface area contributed by atoms with Gasteiger partial charge >= 0.3 is 0 Å². The van der Waals surface area contributed by atoms with Gasteiger partial charge in [0.25, 0.3) is 0 Å². The lowest BCUT2D eigenvalue weighted by molar-refractivity contribution is 0.246. The second kappa shape index (κ2) is 12.6. The summed E-state index contributed by atoms with van der Waals surface area (Å²) >= 11 is 5.31. The lowest BCUT2D eigenvalue weighted by atomic mass is 9.87. The average molecular weight is 580 g/mol. The number of rotatable bonds is 10. The number of benzene rings is 1. The van der Waals surface area contributed by atoms with Crippen molar-refractivity contribution in [1.82, 2.24) is 24.9 Å². The minimum absolute atomic E-state index is 0.521. The molecule has 0 aliphatic heterocycles. The lowest BCUT2D eigenvalue weighted by Crippen LogP contribution is -2.10. The quantitative estimate of drug-likeness (QED) is 0.206. The van der Waals surface area contributed by atoms with Gasteiger partial charge in [-0.15, -0.1) is 0 Å². The van der Waals surface area contributed by atoms with E-state index in [9.17, 15) is 0 Å². The van der Waals surface area contributed by atoms with Crippen LogP contribution in [0.2, 0.25) is 0 Å². The first-order valence-electron chi connectivity index (χ1n) is 13.0. The van der Waals surface area contributed by atoms with E-state index in [1.165, 1.54) is 32.1 Å². The van der Waals surface area contributed by atoms with Crippen molar-refractivity contribution in [3.8, 4) is 39.1 Å². The summed E-state index contributed by atoms with van der Waals surface area (Å²) in [5.41, 5.74) is 3.14. The number of anilines is 1. The number of aromatic nitrogens is 5. The van der Waals surface area contributed by atoms with Crippen LogP contribution in [0.3, 0.4) is 0 Å². The molecule has 1 saturated carbocycles. The standard InChI is InChI=1S/C28H31BrN6OS/c1-2-11-32-28-33-18-26(37-28)24-16-23(34-27(35-24)25-17-30-12-13-31-25)21-15-20(8-9-22(21)29)36-14-10-19-6-4-3-5-7-19/h8-9,12-13,15-19H,2-7,10-11,14H2,1H3,(H,32,33). The number of halogens is 1. The third-order valence-electron chi connectivity index (χ3n) is 6.54. The highest BCUT2D eigenvalue weighted by Crippen LogP contribution is 2.36. The first-order valence-corrected chi connectivity index (χ1v) is 14.6. The maximum Gasteiger partial charge on any atom is 0.183 e. The van der Waals surface area contributed by atoms with E-state index in [1.807, 2.05) is 24.4 Å². The topological polar surface area (TPSA) is 85.7 Å². The van der Waals surface area contributed by atoms with E-state index in [4.69, 9.17) is 14.7 Å². The van der Waals surface area contributed by atoms with Crippen LogP contribution in [0.15, 0.2) is 53.5 Å². The number of thiazole rings is 1. The minimum Gasteiger partial charge on any atom is -0.494 e. The Morgan fingerprint density at radius 2 is 1.86 bits per heavy atom. The number of ether oxygens (including phenoxy) is 1. The third-order valence-corrected chi connectivity index (χ3v) is 8.21. The zero-order chi connectivity index (χ0) is 25.5. The third kappa shape index (κ3) is 6.70. The predicted octanol–water partition coefficient (Wildman–Crippen LogP) is 7.66. The van der Waals surface area contributed by atoms with E-state index in [0.717, 1.165) is 69.1 Å². The Morgan fingerprint density at radius 1 is 1.00 bits per heavy atom. The number of nitrogens with zero attached hydrogens (tertiary/aromatic N) is 5. The van der Waals surface area contributed by atoms with Gasteiger partial charge in [0.2, 0.25) is 0 Å². The van der Waals surface area contributed by atoms with E-state index in [0.29, 0.717) is 11.5 Å². The molecule has 37 heavy (non-hydrogen) atoms. The zero-order valence-electron chi connectivity index (χ0n) is 21.0. The highest BCUT2D eigenvalue weighted by Gasteiger charge is 2.17. The van der Waals surface area contributed by atoms with Gasteiger partial charge in [0.05, 0.1) is 29.1 Å². The molecular weight excluding hydrogens is 548 g/mol. The highest BCUT2D eigenvalue weighted by atomic mass is 79.9. The maximum absolute atomic E-state index is 6.19. The molecule has 1 aromatic carbocycles. The van der Waals surface area contributed by atoms with Gasteiger partial charge in [0, 0.05) is 35.2 Å². The molecule has 7 nitrogen and oxygen atoms in total. The predicted molar refractivity (Wildman–Crippen MR) is 153 cm³/mol. The summed E-state index contributed by atoms with van der Waals surface area (Å²) in [7, 11) is 0. The first-order chi connectivity index (χ1) is 18.2. The first kappa shape index (κ1) is 25.7. The summed E-state index contributed by atoms with van der Waals surface area (Å²) in [6, 6.07) is 8.09. The smallest absolute Gasteiger partial charge is 0.183 e. The number of hydrogen-bond acceptors (Lipinski definition) is 8. The molecule has 0 bridgehead atoms. The summed E-state index contributed by atoms with van der Waals surface area (Å²) in [5, 5.41) is 4.24. The molecule has 0 amide bonds. The van der Waals surface area contributed by atoms with Crippen molar-refractivity contribution in [3.05, 3.63) is 53.5 Å². The van der Waals surface area contributed by atoms with Crippen LogP contribution in [0.1, 0.15) is 51.9 Å². The van der Waals surface area contributed by atoms with Crippen molar-refractivity contribution in [1.29, 1.82) is 0 Å². The van der Waals surface area contributed by atoms with E-state index >= 15 is 0 Å². The number of nitrogens with one attached hydrogen (secondary N) is 1. The van der Waals surface area contributed by atoms with Gasteiger partial charge < -0.3 is 10.1 Å². The van der Waals surface area contributed by atoms with Crippen molar-refractivity contribution in [3.63, 3.8) is 0 Å². The molecule has 5 rings (SSSR count). The molecule has 192 valence electrons. The molecule has 9 heteroatoms. The monoisotopic (exact) mass is 578 g/mol. The second-order valence-electron chi connectivity index (χ2n) is 9.29. The fraction of sp³-hybridized carbons (Fsp3) is 0.393. The Hall–Kier alpha value is -2.91. The lowest BCUT2D eigenvalue weighted by Gasteiger charge is -2.21. The van der Waals surface area contributed by atoms with Crippen LogP contribution in [0, 0.1) is 5.92 Å². The van der Waals surface area contributed by atoms with Gasteiger partial charge in [0.15, 0.2) is 11.0 Å². The van der Waals surface area contributed by atoms with Crippen molar-refractivity contribution in [2.45, 2.75) is 51.9 Å². The largest absolute Gasteiger partial charge is 0.494 e. The molecule has 1 aliphatic carbocycles. The Balaban J connectivity index is 1.45. The summed E-state index contributed by atoms with van der Waals surface area (Å²) in [6.45, 7) is 3.75. The molecule has 0 spiro atoms. The Kier molecular flexibility index (Phi) is 8.73. The SMILES string of the molecule is CCCNc1ncc(-c2cc(-c3cc(OCCC4CCCCC4)ccc3Br)nc(-c3cnccn3)n2)s1. The fourth-order valence-electron chi connectivity index (χ4n) is 4.56. The summed E-state index contributed by atoms with van der Waals surface area (Å²) in [4.78, 5) is 23.9. The van der Waals surface area contributed by atoms with Crippen LogP contribution in [0.5, 0.6) is 5.75 Å². The fourth-order valence-corrected chi connectivity index (χ4v) is 5.81. The Morgan fingerprint density at radius 3 is 2.68 bits per heavy atom. The van der Waals surface area contributed by atoms with Crippen LogP contribution in [-0.4, -0.2) is 38.1 Å². The van der Waals surface area contributed by atoms with Crippen molar-refractivity contribution in [2.24, 2.45) is 5.92 Å². The van der Waals surface area contributed by atoms with Crippen LogP contribution >= 0.6 is 27.3 Å². The molecule has 1 N–H and O–H groups in total. The van der Waals surface area contributed by atoms with Gasteiger partial charge in [-0.1, -0.05) is 66.3 Å². The van der Waals surface area contributed by atoms with Crippen LogP contribution < -0.4 is 10.1 Å². The second-order valence-corrected chi connectivity index (χ2v) is 11.2. The Labute approximate surface area is 230 Å². The van der Waals surface area contributed by atoms with Crippen molar-refractivity contribution in [2.75, 3.05) is 18.5 Å². The molecule has 0 atom stereocenters. The van der Waals surface area contributed by atoms with Crippen molar-refractivity contribution >= 4 is 32.4 Å². The minimum atomic E-state index is 0.521. The molecular formula is C28H31BrN6OS. The Bertz CT molecular complexity index is 1310. The molecule has 1 aliphatic rings.